The van der Waals surface area contributed by atoms with Crippen molar-refractivity contribution >= 4 is 45.6 Å². The molecular weight excluding hydrogens is 432 g/mol. The fourth-order valence-electron chi connectivity index (χ4n) is 3.91. The lowest BCUT2D eigenvalue weighted by atomic mass is 10.0. The lowest BCUT2D eigenvalue weighted by Crippen LogP contribution is -2.03. The third kappa shape index (κ3) is 4.41. The molecule has 0 saturated heterocycles. The number of hydrogen-bond acceptors (Lipinski definition) is 4. The SMILES string of the molecule is CCn1c(N/N=C\c2c(OCc3ccc(Cl)cc3)ccc3ccccc23)nc2ccccc21. The van der Waals surface area contributed by atoms with Crippen molar-refractivity contribution in [2.24, 2.45) is 5.10 Å². The minimum atomic E-state index is 0.440. The lowest BCUT2D eigenvalue weighted by molar-refractivity contribution is 0.306. The van der Waals surface area contributed by atoms with E-state index in [1.807, 2.05) is 60.7 Å². The molecule has 5 nitrogen and oxygen atoms in total. The first-order chi connectivity index (χ1) is 16.2. The van der Waals surface area contributed by atoms with Crippen LogP contribution in [-0.4, -0.2) is 15.8 Å². The molecule has 0 aliphatic heterocycles. The van der Waals surface area contributed by atoms with Crippen molar-refractivity contribution in [1.29, 1.82) is 0 Å². The summed E-state index contributed by atoms with van der Waals surface area (Å²) in [6, 6.07) is 28.0. The van der Waals surface area contributed by atoms with Gasteiger partial charge >= 0.3 is 0 Å². The van der Waals surface area contributed by atoms with Gasteiger partial charge in [0.15, 0.2) is 0 Å². The number of nitrogens with one attached hydrogen (secondary N) is 1. The van der Waals surface area contributed by atoms with E-state index in [1.165, 1.54) is 0 Å². The second kappa shape index (κ2) is 9.35. The molecule has 5 rings (SSSR count). The smallest absolute Gasteiger partial charge is 0.224 e. The average molecular weight is 455 g/mol. The first-order valence-electron chi connectivity index (χ1n) is 10.9. The molecule has 0 spiro atoms. The molecule has 0 aliphatic rings. The minimum absolute atomic E-state index is 0.440. The van der Waals surface area contributed by atoms with E-state index in [1.54, 1.807) is 6.21 Å². The van der Waals surface area contributed by atoms with E-state index in [2.05, 4.69) is 51.3 Å². The average Bonchev–Trinajstić information content (AvgIpc) is 3.21. The molecule has 5 aromatic rings. The molecule has 0 amide bonds. The third-order valence-corrected chi connectivity index (χ3v) is 5.82. The van der Waals surface area contributed by atoms with Gasteiger partial charge in [-0.3, -0.25) is 0 Å². The highest BCUT2D eigenvalue weighted by molar-refractivity contribution is 6.30. The predicted molar refractivity (Wildman–Crippen MR) is 136 cm³/mol. The number of hydrogen-bond donors (Lipinski definition) is 1. The van der Waals surface area contributed by atoms with Gasteiger partial charge in [0.1, 0.15) is 12.4 Å². The summed E-state index contributed by atoms with van der Waals surface area (Å²) in [4.78, 5) is 4.68. The van der Waals surface area contributed by atoms with Crippen LogP contribution < -0.4 is 10.2 Å². The Kier molecular flexibility index (Phi) is 5.96. The van der Waals surface area contributed by atoms with E-state index in [9.17, 15) is 0 Å². The zero-order valence-electron chi connectivity index (χ0n) is 18.2. The normalized spacial score (nSPS) is 11.5. The van der Waals surface area contributed by atoms with Crippen LogP contribution in [-0.2, 0) is 13.2 Å². The van der Waals surface area contributed by atoms with E-state index in [4.69, 9.17) is 16.3 Å². The van der Waals surface area contributed by atoms with E-state index in [0.29, 0.717) is 17.6 Å². The molecule has 4 aromatic carbocycles. The van der Waals surface area contributed by atoms with Crippen LogP contribution in [0, 0.1) is 0 Å². The Labute approximate surface area is 197 Å². The number of ether oxygens (including phenoxy) is 1. The summed E-state index contributed by atoms with van der Waals surface area (Å²) in [5.74, 6) is 1.47. The maximum atomic E-state index is 6.18. The standard InChI is InChI=1S/C27H23ClN4O/c1-2-32-25-10-6-5-9-24(25)30-27(32)31-29-17-23-22-8-4-3-7-20(22)13-16-26(23)33-18-19-11-14-21(28)15-12-19/h3-17H,2,18H2,1H3,(H,30,31)/b29-17-. The molecule has 0 unspecified atom stereocenters. The molecule has 1 heterocycles. The van der Waals surface area contributed by atoms with Crippen LogP contribution in [0.1, 0.15) is 18.1 Å². The highest BCUT2D eigenvalue weighted by atomic mass is 35.5. The first-order valence-corrected chi connectivity index (χ1v) is 11.2. The molecule has 1 N–H and O–H groups in total. The van der Waals surface area contributed by atoms with Crippen molar-refractivity contribution in [2.75, 3.05) is 5.43 Å². The van der Waals surface area contributed by atoms with Crippen LogP contribution in [0.25, 0.3) is 21.8 Å². The highest BCUT2D eigenvalue weighted by Crippen LogP contribution is 2.28. The first kappa shape index (κ1) is 21.0. The molecular formula is C27H23ClN4O. The number of halogens is 1. The molecule has 0 fully saturated rings. The quantitative estimate of drug-likeness (QED) is 0.215. The number of hydrazone groups is 1. The van der Waals surface area contributed by atoms with Gasteiger partial charge in [-0.15, -0.1) is 0 Å². The van der Waals surface area contributed by atoms with Gasteiger partial charge in [-0.05, 0) is 53.6 Å². The Morgan fingerprint density at radius 3 is 2.61 bits per heavy atom. The fourth-order valence-corrected chi connectivity index (χ4v) is 4.04. The van der Waals surface area contributed by atoms with Crippen LogP contribution in [0.2, 0.25) is 5.02 Å². The number of rotatable bonds is 7. The topological polar surface area (TPSA) is 51.4 Å². The number of benzene rings is 4. The number of anilines is 1. The van der Waals surface area contributed by atoms with Gasteiger partial charge in [0.25, 0.3) is 0 Å². The van der Waals surface area contributed by atoms with Crippen LogP contribution in [0.5, 0.6) is 5.75 Å². The Morgan fingerprint density at radius 1 is 0.970 bits per heavy atom. The van der Waals surface area contributed by atoms with Gasteiger partial charge in [-0.2, -0.15) is 5.10 Å². The monoisotopic (exact) mass is 454 g/mol. The van der Waals surface area contributed by atoms with Crippen molar-refractivity contribution in [3.8, 4) is 5.75 Å². The summed E-state index contributed by atoms with van der Waals surface area (Å²) in [6.45, 7) is 3.33. The molecule has 0 atom stereocenters. The third-order valence-electron chi connectivity index (χ3n) is 5.57. The minimum Gasteiger partial charge on any atom is -0.488 e. The molecule has 33 heavy (non-hydrogen) atoms. The summed E-state index contributed by atoms with van der Waals surface area (Å²) in [5, 5.41) is 7.44. The fraction of sp³-hybridized carbons (Fsp3) is 0.111. The molecule has 0 radical (unpaired) electrons. The van der Waals surface area contributed by atoms with Gasteiger partial charge < -0.3 is 9.30 Å². The summed E-state index contributed by atoms with van der Waals surface area (Å²) in [5.41, 5.74) is 7.10. The van der Waals surface area contributed by atoms with Crippen molar-refractivity contribution in [3.63, 3.8) is 0 Å². The number of para-hydroxylation sites is 2. The Balaban J connectivity index is 1.45. The zero-order chi connectivity index (χ0) is 22.6. The second-order valence-corrected chi connectivity index (χ2v) is 8.09. The molecule has 0 bridgehead atoms. The summed E-state index contributed by atoms with van der Waals surface area (Å²) < 4.78 is 8.29. The summed E-state index contributed by atoms with van der Waals surface area (Å²) >= 11 is 6.00. The van der Waals surface area contributed by atoms with Gasteiger partial charge in [0.2, 0.25) is 5.95 Å². The number of aromatic nitrogens is 2. The van der Waals surface area contributed by atoms with Crippen LogP contribution in [0.4, 0.5) is 5.95 Å². The van der Waals surface area contributed by atoms with Gasteiger partial charge in [-0.1, -0.05) is 66.2 Å². The molecule has 0 aliphatic carbocycles. The second-order valence-electron chi connectivity index (χ2n) is 7.65. The van der Waals surface area contributed by atoms with Gasteiger partial charge in [0, 0.05) is 17.1 Å². The maximum Gasteiger partial charge on any atom is 0.224 e. The number of imidazole rings is 1. The molecule has 0 saturated carbocycles. The Hall–Kier alpha value is -3.83. The number of aryl methyl sites for hydroxylation is 1. The van der Waals surface area contributed by atoms with E-state index >= 15 is 0 Å². The van der Waals surface area contributed by atoms with Crippen LogP contribution in [0.3, 0.4) is 0 Å². The number of fused-ring (bicyclic) bond motifs is 2. The van der Waals surface area contributed by atoms with Crippen LogP contribution in [0.15, 0.2) is 90.0 Å². The maximum absolute atomic E-state index is 6.18. The predicted octanol–water partition coefficient (Wildman–Crippen LogP) is 6.89. The van der Waals surface area contributed by atoms with Crippen molar-refractivity contribution < 1.29 is 4.74 Å². The zero-order valence-corrected chi connectivity index (χ0v) is 19.0. The number of nitrogens with zero attached hydrogens (tertiary/aromatic N) is 3. The van der Waals surface area contributed by atoms with Gasteiger partial charge in [-0.25, -0.2) is 10.4 Å². The molecule has 6 heteroatoms. The molecule has 1 aromatic heterocycles. The van der Waals surface area contributed by atoms with E-state index < -0.39 is 0 Å². The highest BCUT2D eigenvalue weighted by Gasteiger charge is 2.10. The van der Waals surface area contributed by atoms with Crippen LogP contribution >= 0.6 is 11.6 Å². The van der Waals surface area contributed by atoms with Crippen molar-refractivity contribution in [1.82, 2.24) is 9.55 Å². The lowest BCUT2D eigenvalue weighted by Gasteiger charge is -2.12. The summed E-state index contributed by atoms with van der Waals surface area (Å²) in [6.07, 6.45) is 1.80. The molecule has 164 valence electrons. The van der Waals surface area contributed by atoms with E-state index in [0.717, 1.165) is 45.2 Å². The van der Waals surface area contributed by atoms with Gasteiger partial charge in [0.05, 0.1) is 17.2 Å². The largest absolute Gasteiger partial charge is 0.488 e. The van der Waals surface area contributed by atoms with E-state index in [-0.39, 0.29) is 0 Å². The van der Waals surface area contributed by atoms with Crippen molar-refractivity contribution in [2.45, 2.75) is 20.1 Å². The Bertz CT molecular complexity index is 1440. The summed E-state index contributed by atoms with van der Waals surface area (Å²) in [7, 11) is 0. The van der Waals surface area contributed by atoms with Crippen molar-refractivity contribution in [3.05, 3.63) is 101 Å². The Morgan fingerprint density at radius 2 is 1.76 bits per heavy atom.